The Balaban J connectivity index is 1.51. The minimum Gasteiger partial charge on any atom is -0.342 e. The SMILES string of the molecule is CCC1CCCCN1C(=O)CSc1cn(Cc2ccc(C)cc2)c2ccccc12. The van der Waals surface area contributed by atoms with Gasteiger partial charge in [0.1, 0.15) is 0 Å². The molecule has 0 aliphatic carbocycles. The summed E-state index contributed by atoms with van der Waals surface area (Å²) in [7, 11) is 0. The van der Waals surface area contributed by atoms with E-state index in [0.717, 1.165) is 32.4 Å². The average Bonchev–Trinajstić information content (AvgIpc) is 3.11. The molecule has 1 fully saturated rings. The summed E-state index contributed by atoms with van der Waals surface area (Å²) in [6.45, 7) is 6.08. The molecule has 1 aromatic heterocycles. The third-order valence-electron chi connectivity index (χ3n) is 6.00. The maximum atomic E-state index is 12.9. The zero-order valence-electron chi connectivity index (χ0n) is 17.4. The van der Waals surface area contributed by atoms with Crippen molar-refractivity contribution in [2.24, 2.45) is 0 Å². The first-order chi connectivity index (χ1) is 14.2. The van der Waals surface area contributed by atoms with Crippen molar-refractivity contribution in [3.63, 3.8) is 0 Å². The molecular formula is C25H30N2OS. The topological polar surface area (TPSA) is 25.2 Å². The van der Waals surface area contributed by atoms with E-state index in [1.54, 1.807) is 11.8 Å². The number of rotatable bonds is 6. The van der Waals surface area contributed by atoms with Gasteiger partial charge in [0.2, 0.25) is 5.91 Å². The average molecular weight is 407 g/mol. The van der Waals surface area contributed by atoms with Crippen LogP contribution in [0.15, 0.2) is 59.6 Å². The van der Waals surface area contributed by atoms with Crippen LogP contribution in [0, 0.1) is 6.92 Å². The number of carbonyl (C=O) groups is 1. The van der Waals surface area contributed by atoms with E-state index >= 15 is 0 Å². The smallest absolute Gasteiger partial charge is 0.233 e. The quantitative estimate of drug-likeness (QED) is 0.478. The first kappa shape index (κ1) is 20.1. The van der Waals surface area contributed by atoms with Crippen LogP contribution in [0.25, 0.3) is 10.9 Å². The van der Waals surface area contributed by atoms with E-state index in [9.17, 15) is 4.79 Å². The van der Waals surface area contributed by atoms with E-state index in [-0.39, 0.29) is 5.91 Å². The molecule has 2 heterocycles. The fraction of sp³-hybridized carbons (Fsp3) is 0.400. The van der Waals surface area contributed by atoms with Gasteiger partial charge in [0.05, 0.1) is 5.75 Å². The molecule has 0 saturated carbocycles. The van der Waals surface area contributed by atoms with Gasteiger partial charge in [-0.2, -0.15) is 0 Å². The Morgan fingerprint density at radius 1 is 1.10 bits per heavy atom. The van der Waals surface area contributed by atoms with Crippen molar-refractivity contribution in [2.45, 2.75) is 57.0 Å². The van der Waals surface area contributed by atoms with Crippen LogP contribution < -0.4 is 0 Å². The molecule has 1 unspecified atom stereocenters. The largest absolute Gasteiger partial charge is 0.342 e. The number of hydrogen-bond acceptors (Lipinski definition) is 2. The second-order valence-electron chi connectivity index (χ2n) is 8.06. The van der Waals surface area contributed by atoms with E-state index in [1.165, 1.54) is 33.3 Å². The van der Waals surface area contributed by atoms with Crippen LogP contribution in [-0.4, -0.2) is 33.7 Å². The summed E-state index contributed by atoms with van der Waals surface area (Å²) < 4.78 is 2.31. The number of aromatic nitrogens is 1. The Labute approximate surface area is 178 Å². The molecule has 1 amide bonds. The number of amides is 1. The van der Waals surface area contributed by atoms with Crippen molar-refractivity contribution in [1.29, 1.82) is 0 Å². The summed E-state index contributed by atoms with van der Waals surface area (Å²) >= 11 is 1.69. The Bertz CT molecular complexity index is 976. The first-order valence-electron chi connectivity index (χ1n) is 10.7. The highest BCUT2D eigenvalue weighted by atomic mass is 32.2. The molecule has 4 rings (SSSR count). The van der Waals surface area contributed by atoms with Gasteiger partial charge in [-0.05, 0) is 44.2 Å². The Kier molecular flexibility index (Phi) is 6.29. The highest BCUT2D eigenvalue weighted by molar-refractivity contribution is 8.00. The van der Waals surface area contributed by atoms with Gasteiger partial charge in [-0.25, -0.2) is 0 Å². The zero-order valence-corrected chi connectivity index (χ0v) is 18.3. The van der Waals surface area contributed by atoms with Crippen molar-refractivity contribution in [3.05, 3.63) is 65.9 Å². The third-order valence-corrected chi connectivity index (χ3v) is 7.02. The Morgan fingerprint density at radius 2 is 1.90 bits per heavy atom. The van der Waals surface area contributed by atoms with E-state index in [0.29, 0.717) is 11.8 Å². The molecule has 0 N–H and O–H groups in total. The number of hydrogen-bond donors (Lipinski definition) is 0. The minimum atomic E-state index is 0.289. The normalized spacial score (nSPS) is 17.0. The molecule has 4 heteroatoms. The molecule has 152 valence electrons. The van der Waals surface area contributed by atoms with Crippen LogP contribution in [0.1, 0.15) is 43.7 Å². The number of benzene rings is 2. The Hall–Kier alpha value is -2.20. The molecule has 1 saturated heterocycles. The summed E-state index contributed by atoms with van der Waals surface area (Å²) in [6.07, 6.45) is 6.83. The van der Waals surface area contributed by atoms with Gasteiger partial charge in [0, 0.05) is 41.1 Å². The highest BCUT2D eigenvalue weighted by Gasteiger charge is 2.25. The summed E-state index contributed by atoms with van der Waals surface area (Å²) in [5.74, 6) is 0.812. The summed E-state index contributed by atoms with van der Waals surface area (Å²) in [6, 6.07) is 17.7. The van der Waals surface area contributed by atoms with E-state index in [2.05, 4.69) is 78.0 Å². The van der Waals surface area contributed by atoms with E-state index in [4.69, 9.17) is 0 Å². The molecule has 3 nitrogen and oxygen atoms in total. The van der Waals surface area contributed by atoms with E-state index < -0.39 is 0 Å². The zero-order chi connectivity index (χ0) is 20.2. The lowest BCUT2D eigenvalue weighted by atomic mass is 10.0. The second kappa shape index (κ2) is 9.08. The predicted octanol–water partition coefficient (Wildman–Crippen LogP) is 5.88. The van der Waals surface area contributed by atoms with Crippen molar-refractivity contribution in [1.82, 2.24) is 9.47 Å². The number of carbonyl (C=O) groups excluding carboxylic acids is 1. The Morgan fingerprint density at radius 3 is 2.69 bits per heavy atom. The molecule has 0 bridgehead atoms. The lowest BCUT2D eigenvalue weighted by Crippen LogP contribution is -2.44. The van der Waals surface area contributed by atoms with Gasteiger partial charge in [-0.15, -0.1) is 11.8 Å². The maximum Gasteiger partial charge on any atom is 0.233 e. The molecule has 29 heavy (non-hydrogen) atoms. The van der Waals surface area contributed by atoms with Gasteiger partial charge >= 0.3 is 0 Å². The number of nitrogens with zero attached hydrogens (tertiary/aromatic N) is 2. The fourth-order valence-corrected chi connectivity index (χ4v) is 5.30. The van der Waals surface area contributed by atoms with Crippen LogP contribution in [0.4, 0.5) is 0 Å². The van der Waals surface area contributed by atoms with Crippen molar-refractivity contribution in [2.75, 3.05) is 12.3 Å². The van der Waals surface area contributed by atoms with E-state index in [1.807, 2.05) is 0 Å². The van der Waals surface area contributed by atoms with Crippen LogP contribution in [0.2, 0.25) is 0 Å². The number of fused-ring (bicyclic) bond motifs is 1. The highest BCUT2D eigenvalue weighted by Crippen LogP contribution is 2.31. The van der Waals surface area contributed by atoms with Crippen LogP contribution in [0.3, 0.4) is 0 Å². The van der Waals surface area contributed by atoms with Crippen LogP contribution >= 0.6 is 11.8 Å². The molecule has 2 aromatic carbocycles. The number of likely N-dealkylation sites (tertiary alicyclic amines) is 1. The molecule has 3 aromatic rings. The van der Waals surface area contributed by atoms with Crippen molar-refractivity contribution in [3.8, 4) is 0 Å². The van der Waals surface area contributed by atoms with Crippen LogP contribution in [-0.2, 0) is 11.3 Å². The van der Waals surface area contributed by atoms with Gasteiger partial charge in [-0.1, -0.05) is 55.0 Å². The summed E-state index contributed by atoms with van der Waals surface area (Å²) in [5.41, 5.74) is 3.81. The van der Waals surface area contributed by atoms with Crippen molar-refractivity contribution < 1.29 is 4.79 Å². The standard InChI is InChI=1S/C25H30N2OS/c1-3-21-8-6-7-15-27(21)25(28)18-29-24-17-26(23-10-5-4-9-22(23)24)16-20-13-11-19(2)12-14-20/h4-5,9-14,17,21H,3,6-8,15-16,18H2,1-2H3. The third kappa shape index (κ3) is 4.53. The molecule has 1 atom stereocenters. The molecular weight excluding hydrogens is 376 g/mol. The molecule has 1 aliphatic rings. The van der Waals surface area contributed by atoms with Gasteiger partial charge < -0.3 is 9.47 Å². The monoisotopic (exact) mass is 406 g/mol. The maximum absolute atomic E-state index is 12.9. The van der Waals surface area contributed by atoms with Gasteiger partial charge in [-0.3, -0.25) is 4.79 Å². The number of piperidine rings is 1. The lowest BCUT2D eigenvalue weighted by Gasteiger charge is -2.35. The lowest BCUT2D eigenvalue weighted by molar-refractivity contribution is -0.132. The number of para-hydroxylation sites is 1. The second-order valence-corrected chi connectivity index (χ2v) is 9.07. The number of aryl methyl sites for hydroxylation is 1. The van der Waals surface area contributed by atoms with Crippen LogP contribution in [0.5, 0.6) is 0 Å². The summed E-state index contributed by atoms with van der Waals surface area (Å²) in [5, 5.41) is 1.24. The van der Waals surface area contributed by atoms with Gasteiger partial charge in [0.15, 0.2) is 0 Å². The van der Waals surface area contributed by atoms with Crippen molar-refractivity contribution >= 4 is 28.6 Å². The predicted molar refractivity (Wildman–Crippen MR) is 123 cm³/mol. The minimum absolute atomic E-state index is 0.289. The molecule has 0 radical (unpaired) electrons. The first-order valence-corrected chi connectivity index (χ1v) is 11.7. The van der Waals surface area contributed by atoms with Gasteiger partial charge in [0.25, 0.3) is 0 Å². The fourth-order valence-electron chi connectivity index (χ4n) is 4.32. The summed E-state index contributed by atoms with van der Waals surface area (Å²) in [4.78, 5) is 16.2. The molecule has 1 aliphatic heterocycles. The number of thioether (sulfide) groups is 1. The molecule has 0 spiro atoms.